The van der Waals surface area contributed by atoms with Crippen LogP contribution < -0.4 is 4.74 Å². The van der Waals surface area contributed by atoms with Gasteiger partial charge in [-0.25, -0.2) is 14.4 Å². The Morgan fingerprint density at radius 2 is 2.17 bits per heavy atom. The average molecular weight is 345 g/mol. The molecule has 0 aliphatic heterocycles. The predicted octanol–water partition coefficient (Wildman–Crippen LogP) is 3.86. The Morgan fingerprint density at radius 1 is 1.42 bits per heavy atom. The minimum absolute atomic E-state index is 0.0810. The van der Waals surface area contributed by atoms with Crippen LogP contribution in [0.3, 0.4) is 0 Å². The number of benzene rings is 1. The molecule has 6 nitrogen and oxygen atoms in total. The Bertz CT molecular complexity index is 1020. The first-order chi connectivity index (χ1) is 11.4. The van der Waals surface area contributed by atoms with Gasteiger partial charge in [0.05, 0.1) is 5.52 Å². The van der Waals surface area contributed by atoms with Crippen molar-refractivity contribution in [3.05, 3.63) is 46.8 Å². The lowest BCUT2D eigenvalue weighted by Gasteiger charge is -2.08. The summed E-state index contributed by atoms with van der Waals surface area (Å²) in [6.45, 7) is 3.11. The fourth-order valence-electron chi connectivity index (χ4n) is 2.48. The molecule has 0 saturated heterocycles. The summed E-state index contributed by atoms with van der Waals surface area (Å²) in [6.07, 6.45) is 1.12. The first-order valence-corrected chi connectivity index (χ1v) is 7.21. The van der Waals surface area contributed by atoms with E-state index in [2.05, 4.69) is 9.97 Å². The van der Waals surface area contributed by atoms with Crippen molar-refractivity contribution in [1.29, 1.82) is 5.26 Å². The maximum atomic E-state index is 14.7. The van der Waals surface area contributed by atoms with Gasteiger partial charge in [-0.2, -0.15) is 5.26 Å². The number of nitrogens with zero attached hydrogens (tertiary/aromatic N) is 4. The van der Waals surface area contributed by atoms with E-state index >= 15 is 0 Å². The van der Waals surface area contributed by atoms with Crippen LogP contribution >= 0.6 is 11.6 Å². The molecule has 0 saturated carbocycles. The lowest BCUT2D eigenvalue weighted by atomic mass is 10.2. The van der Waals surface area contributed by atoms with Gasteiger partial charge < -0.3 is 4.74 Å². The van der Waals surface area contributed by atoms with Crippen molar-refractivity contribution in [1.82, 2.24) is 14.5 Å². The van der Waals surface area contributed by atoms with Crippen LogP contribution in [0, 0.1) is 24.1 Å². The summed E-state index contributed by atoms with van der Waals surface area (Å²) in [5.41, 5.74) is 0.957. The van der Waals surface area contributed by atoms with Gasteiger partial charge in [0.25, 0.3) is 0 Å². The molecule has 0 bridgehead atoms. The molecule has 0 atom stereocenters. The summed E-state index contributed by atoms with van der Waals surface area (Å²) in [7, 11) is 0. The zero-order chi connectivity index (χ0) is 17.4. The molecule has 24 heavy (non-hydrogen) atoms. The Balaban J connectivity index is 2.13. The third-order valence-electron chi connectivity index (χ3n) is 3.47. The number of hydrogen-bond acceptors (Lipinski definition) is 5. The average Bonchev–Trinajstić information content (AvgIpc) is 2.87. The molecule has 120 valence electrons. The van der Waals surface area contributed by atoms with Crippen molar-refractivity contribution in [2.75, 3.05) is 0 Å². The van der Waals surface area contributed by atoms with Crippen molar-refractivity contribution >= 4 is 28.4 Å². The number of halogens is 2. The van der Waals surface area contributed by atoms with Gasteiger partial charge in [0.2, 0.25) is 11.8 Å². The van der Waals surface area contributed by atoms with Crippen LogP contribution in [0.2, 0.25) is 5.15 Å². The third-order valence-corrected chi connectivity index (χ3v) is 3.75. The summed E-state index contributed by atoms with van der Waals surface area (Å²) in [4.78, 5) is 19.2. The molecule has 0 unspecified atom stereocenters. The van der Waals surface area contributed by atoms with Crippen LogP contribution in [0.4, 0.5) is 4.39 Å². The van der Waals surface area contributed by atoms with E-state index in [0.29, 0.717) is 11.2 Å². The van der Waals surface area contributed by atoms with Crippen LogP contribution in [0.1, 0.15) is 23.0 Å². The van der Waals surface area contributed by atoms with Gasteiger partial charge in [-0.05, 0) is 25.1 Å². The van der Waals surface area contributed by atoms with Gasteiger partial charge in [-0.3, -0.25) is 9.36 Å². The van der Waals surface area contributed by atoms with Gasteiger partial charge >= 0.3 is 0 Å². The molecule has 8 heteroatoms. The molecule has 3 aromatic rings. The Morgan fingerprint density at radius 3 is 2.83 bits per heavy atom. The van der Waals surface area contributed by atoms with Crippen molar-refractivity contribution in [2.45, 2.75) is 13.8 Å². The molecule has 0 N–H and O–H groups in total. The number of ether oxygens (including phenoxy) is 1. The molecule has 1 aromatic carbocycles. The predicted molar refractivity (Wildman–Crippen MR) is 84.8 cm³/mol. The largest absolute Gasteiger partial charge is 0.434 e. The number of nitriles is 1. The van der Waals surface area contributed by atoms with Crippen molar-refractivity contribution in [3.63, 3.8) is 0 Å². The zero-order valence-electron chi connectivity index (χ0n) is 12.7. The molecule has 2 aromatic heterocycles. The Hall–Kier alpha value is -2.98. The number of fused-ring (bicyclic) bond motifs is 1. The summed E-state index contributed by atoms with van der Waals surface area (Å²) >= 11 is 5.80. The number of aryl methyl sites for hydroxylation is 1. The number of aromatic nitrogens is 3. The van der Waals surface area contributed by atoms with E-state index in [1.165, 1.54) is 17.6 Å². The summed E-state index contributed by atoms with van der Waals surface area (Å²) in [5.74, 6) is -1.15. The normalized spacial score (nSPS) is 10.6. The third kappa shape index (κ3) is 2.47. The molecule has 0 amide bonds. The molecule has 3 rings (SSSR count). The maximum absolute atomic E-state index is 14.7. The molecular formula is C16H10ClFN4O2. The quantitative estimate of drug-likeness (QED) is 0.659. The SMILES string of the molecule is CC(=O)n1c(C)cc2c(F)c(Oc3ncnc(Cl)c3C#N)ccc21. The molecule has 0 radical (unpaired) electrons. The maximum Gasteiger partial charge on any atom is 0.242 e. The second-order valence-electron chi connectivity index (χ2n) is 5.01. The highest BCUT2D eigenvalue weighted by atomic mass is 35.5. The van der Waals surface area contributed by atoms with Crippen LogP contribution in [0.15, 0.2) is 24.5 Å². The molecule has 2 heterocycles. The number of hydrogen-bond donors (Lipinski definition) is 0. The topological polar surface area (TPSA) is 80.8 Å². The standard InChI is InChI=1S/C16H10ClFN4O2/c1-8-5-10-12(22(8)9(2)23)3-4-13(14(10)18)24-16-11(6-19)15(17)20-7-21-16/h3-5,7H,1-2H3. The van der Waals surface area contributed by atoms with Crippen LogP contribution in [0.5, 0.6) is 11.6 Å². The van der Waals surface area contributed by atoms with E-state index in [1.54, 1.807) is 19.1 Å². The summed E-state index contributed by atoms with van der Waals surface area (Å²) in [6, 6.07) is 6.30. The Kier molecular flexibility index (Phi) is 3.91. The smallest absolute Gasteiger partial charge is 0.242 e. The molecular weight excluding hydrogens is 335 g/mol. The lowest BCUT2D eigenvalue weighted by molar-refractivity contribution is 0.0939. The molecule has 0 fully saturated rings. The minimum atomic E-state index is -0.658. The first kappa shape index (κ1) is 15.9. The van der Waals surface area contributed by atoms with Crippen molar-refractivity contribution < 1.29 is 13.9 Å². The second kappa shape index (κ2) is 5.91. The molecule has 0 aliphatic rings. The van der Waals surface area contributed by atoms with E-state index in [4.69, 9.17) is 21.6 Å². The van der Waals surface area contributed by atoms with Crippen LogP contribution in [-0.4, -0.2) is 20.4 Å². The van der Waals surface area contributed by atoms with Crippen molar-refractivity contribution in [2.24, 2.45) is 0 Å². The number of carbonyl (C=O) groups is 1. The van der Waals surface area contributed by atoms with Gasteiger partial charge in [-0.1, -0.05) is 11.6 Å². The monoisotopic (exact) mass is 344 g/mol. The second-order valence-corrected chi connectivity index (χ2v) is 5.37. The fraction of sp³-hybridized carbons (Fsp3) is 0.125. The summed E-state index contributed by atoms with van der Waals surface area (Å²) < 4.78 is 21.5. The van der Waals surface area contributed by atoms with E-state index in [9.17, 15) is 9.18 Å². The number of rotatable bonds is 2. The first-order valence-electron chi connectivity index (χ1n) is 6.84. The van der Waals surface area contributed by atoms with Crippen molar-refractivity contribution in [3.8, 4) is 17.7 Å². The highest BCUT2D eigenvalue weighted by molar-refractivity contribution is 6.30. The van der Waals surface area contributed by atoms with E-state index in [-0.39, 0.29) is 33.6 Å². The lowest BCUT2D eigenvalue weighted by Crippen LogP contribution is -2.06. The number of carbonyl (C=O) groups excluding carboxylic acids is 1. The van der Waals surface area contributed by atoms with E-state index in [1.807, 2.05) is 6.07 Å². The van der Waals surface area contributed by atoms with Crippen LogP contribution in [-0.2, 0) is 0 Å². The van der Waals surface area contributed by atoms with Gasteiger partial charge in [-0.15, -0.1) is 0 Å². The Labute approximate surface area is 141 Å². The highest BCUT2D eigenvalue weighted by Crippen LogP contribution is 2.33. The van der Waals surface area contributed by atoms with Gasteiger partial charge in [0.15, 0.2) is 22.3 Å². The van der Waals surface area contributed by atoms with Crippen LogP contribution in [0.25, 0.3) is 10.9 Å². The van der Waals surface area contributed by atoms with E-state index in [0.717, 1.165) is 6.33 Å². The highest BCUT2D eigenvalue weighted by Gasteiger charge is 2.18. The van der Waals surface area contributed by atoms with Gasteiger partial charge in [0, 0.05) is 18.0 Å². The van der Waals surface area contributed by atoms with E-state index < -0.39 is 5.82 Å². The zero-order valence-corrected chi connectivity index (χ0v) is 13.4. The molecule has 0 aliphatic carbocycles. The fourth-order valence-corrected chi connectivity index (χ4v) is 2.65. The van der Waals surface area contributed by atoms with Gasteiger partial charge in [0.1, 0.15) is 12.4 Å². The molecule has 0 spiro atoms. The minimum Gasteiger partial charge on any atom is -0.434 e. The summed E-state index contributed by atoms with van der Waals surface area (Å²) in [5, 5.41) is 9.24.